The maximum Gasteiger partial charge on any atom is 0.299 e. The number of imidazole rings is 1. The molecule has 23 heavy (non-hydrogen) atoms. The minimum absolute atomic E-state index is 0.438. The van der Waals surface area contributed by atoms with Gasteiger partial charge in [-0.05, 0) is 35.6 Å². The van der Waals surface area contributed by atoms with E-state index in [2.05, 4.69) is 21.1 Å². The molecule has 3 heterocycles. The predicted octanol–water partition coefficient (Wildman–Crippen LogP) is 3.52. The van der Waals surface area contributed by atoms with E-state index in [-0.39, 0.29) is 0 Å². The molecule has 3 aromatic heterocycles. The lowest BCUT2D eigenvalue weighted by molar-refractivity contribution is 0.469. The summed E-state index contributed by atoms with van der Waals surface area (Å²) in [6.45, 7) is 0. The zero-order chi connectivity index (χ0) is 15.6. The smallest absolute Gasteiger partial charge is 0.299 e. The van der Waals surface area contributed by atoms with Crippen molar-refractivity contribution in [2.75, 3.05) is 0 Å². The first-order valence-electron chi connectivity index (χ1n) is 6.77. The molecule has 0 saturated heterocycles. The number of ether oxygens (including phenoxy) is 1. The summed E-state index contributed by atoms with van der Waals surface area (Å²) in [7, 11) is 0. The first-order chi connectivity index (χ1) is 11.3. The van der Waals surface area contributed by atoms with Gasteiger partial charge in [-0.25, -0.2) is 9.50 Å². The number of rotatable bonds is 3. The van der Waals surface area contributed by atoms with E-state index in [4.69, 9.17) is 10.00 Å². The van der Waals surface area contributed by atoms with E-state index in [1.54, 1.807) is 35.1 Å². The van der Waals surface area contributed by atoms with Crippen LogP contribution in [-0.2, 0) is 0 Å². The summed E-state index contributed by atoms with van der Waals surface area (Å²) < 4.78 is 7.37. The van der Waals surface area contributed by atoms with E-state index in [1.807, 2.05) is 24.4 Å². The normalized spacial score (nSPS) is 10.6. The molecule has 0 fully saturated rings. The van der Waals surface area contributed by atoms with E-state index in [0.29, 0.717) is 21.5 Å². The van der Waals surface area contributed by atoms with Gasteiger partial charge in [0.2, 0.25) is 4.96 Å². The fourth-order valence-electron chi connectivity index (χ4n) is 2.12. The van der Waals surface area contributed by atoms with Gasteiger partial charge in [-0.15, -0.1) is 5.10 Å². The molecule has 0 aliphatic rings. The van der Waals surface area contributed by atoms with Crippen LogP contribution in [0.4, 0.5) is 0 Å². The van der Waals surface area contributed by atoms with Gasteiger partial charge in [-0.2, -0.15) is 5.26 Å². The van der Waals surface area contributed by atoms with Gasteiger partial charge in [0.1, 0.15) is 11.8 Å². The molecule has 0 aliphatic heterocycles. The molecule has 0 N–H and O–H groups in total. The molecule has 0 saturated carbocycles. The number of aromatic nitrogens is 4. The van der Waals surface area contributed by atoms with Crippen LogP contribution >= 0.6 is 11.3 Å². The van der Waals surface area contributed by atoms with Crippen LogP contribution in [0.15, 0.2) is 55.0 Å². The number of fused-ring (bicyclic) bond motifs is 1. The van der Waals surface area contributed by atoms with Gasteiger partial charge in [-0.3, -0.25) is 4.98 Å². The SMILES string of the molecule is N#Cc1ccccc1Oc1nn2cc(-c3cccnc3)nc2s1. The fraction of sp³-hybridized carbons (Fsp3) is 0. The molecule has 0 atom stereocenters. The van der Waals surface area contributed by atoms with Crippen LogP contribution in [0.1, 0.15) is 5.56 Å². The number of nitriles is 1. The first kappa shape index (κ1) is 13.4. The minimum atomic E-state index is 0.438. The Kier molecular flexibility index (Phi) is 3.22. The Bertz CT molecular complexity index is 984. The van der Waals surface area contributed by atoms with E-state index < -0.39 is 0 Å². The molecule has 4 rings (SSSR count). The summed E-state index contributed by atoms with van der Waals surface area (Å²) in [6, 6.07) is 13.0. The number of hydrogen-bond donors (Lipinski definition) is 0. The van der Waals surface area contributed by atoms with Crippen molar-refractivity contribution >= 4 is 16.3 Å². The topological polar surface area (TPSA) is 76.1 Å². The van der Waals surface area contributed by atoms with Gasteiger partial charge >= 0.3 is 0 Å². The second-order valence-electron chi connectivity index (χ2n) is 4.67. The van der Waals surface area contributed by atoms with E-state index in [9.17, 15) is 0 Å². The third-order valence-corrected chi connectivity index (χ3v) is 3.99. The highest BCUT2D eigenvalue weighted by atomic mass is 32.1. The Morgan fingerprint density at radius 3 is 2.87 bits per heavy atom. The zero-order valence-electron chi connectivity index (χ0n) is 11.7. The Morgan fingerprint density at radius 2 is 2.09 bits per heavy atom. The quantitative estimate of drug-likeness (QED) is 0.577. The molecule has 0 unspecified atom stereocenters. The molecular weight excluding hydrogens is 310 g/mol. The summed E-state index contributed by atoms with van der Waals surface area (Å²) in [5.41, 5.74) is 2.21. The molecule has 110 valence electrons. The molecular formula is C16H9N5OS. The zero-order valence-corrected chi connectivity index (χ0v) is 12.6. The molecule has 0 spiro atoms. The van der Waals surface area contributed by atoms with Gasteiger partial charge in [-0.1, -0.05) is 12.1 Å². The third kappa shape index (κ3) is 2.52. The van der Waals surface area contributed by atoms with Crippen molar-refractivity contribution in [1.29, 1.82) is 5.26 Å². The van der Waals surface area contributed by atoms with Crippen molar-refractivity contribution in [2.45, 2.75) is 0 Å². The van der Waals surface area contributed by atoms with Crippen molar-refractivity contribution in [3.05, 3.63) is 60.6 Å². The highest BCUT2D eigenvalue weighted by molar-refractivity contribution is 7.18. The van der Waals surface area contributed by atoms with Crippen molar-refractivity contribution in [3.8, 4) is 28.3 Å². The largest absolute Gasteiger partial charge is 0.428 e. The van der Waals surface area contributed by atoms with Crippen molar-refractivity contribution in [3.63, 3.8) is 0 Å². The molecule has 7 heteroatoms. The lowest BCUT2D eigenvalue weighted by Crippen LogP contribution is -1.88. The van der Waals surface area contributed by atoms with Crippen LogP contribution in [0.2, 0.25) is 0 Å². The lowest BCUT2D eigenvalue weighted by atomic mass is 10.2. The van der Waals surface area contributed by atoms with Gasteiger partial charge in [0, 0.05) is 18.0 Å². The van der Waals surface area contributed by atoms with Crippen LogP contribution in [0.3, 0.4) is 0 Å². The standard InChI is InChI=1S/C16H9N5OS/c17-8-11-4-1-2-6-14(11)22-16-20-21-10-13(19-15(21)23-16)12-5-3-7-18-9-12/h1-7,9-10H. The number of hydrogen-bond acceptors (Lipinski definition) is 6. The monoisotopic (exact) mass is 319 g/mol. The highest BCUT2D eigenvalue weighted by Gasteiger charge is 2.12. The molecule has 6 nitrogen and oxygen atoms in total. The Hall–Kier alpha value is -3.24. The van der Waals surface area contributed by atoms with Crippen LogP contribution in [0.25, 0.3) is 16.2 Å². The molecule has 0 amide bonds. The molecule has 1 aromatic carbocycles. The number of pyridine rings is 1. The van der Waals surface area contributed by atoms with Crippen molar-refractivity contribution < 1.29 is 4.74 Å². The highest BCUT2D eigenvalue weighted by Crippen LogP contribution is 2.30. The second kappa shape index (κ2) is 5.51. The fourth-order valence-corrected chi connectivity index (χ4v) is 2.87. The van der Waals surface area contributed by atoms with Gasteiger partial charge in [0.05, 0.1) is 17.5 Å². The molecule has 0 aliphatic carbocycles. The van der Waals surface area contributed by atoms with E-state index >= 15 is 0 Å². The molecule has 0 bridgehead atoms. The maximum atomic E-state index is 9.09. The van der Waals surface area contributed by atoms with Crippen LogP contribution in [0, 0.1) is 11.3 Å². The first-order valence-corrected chi connectivity index (χ1v) is 7.59. The van der Waals surface area contributed by atoms with Crippen LogP contribution < -0.4 is 4.74 Å². The molecule has 4 aromatic rings. The number of nitrogens with zero attached hydrogens (tertiary/aromatic N) is 5. The second-order valence-corrected chi connectivity index (χ2v) is 5.59. The molecule has 0 radical (unpaired) electrons. The average Bonchev–Trinajstić information content (AvgIpc) is 3.14. The summed E-state index contributed by atoms with van der Waals surface area (Å²) in [4.78, 5) is 9.32. The maximum absolute atomic E-state index is 9.09. The summed E-state index contributed by atoms with van der Waals surface area (Å²) in [5, 5.41) is 13.9. The summed E-state index contributed by atoms with van der Waals surface area (Å²) >= 11 is 1.32. The van der Waals surface area contributed by atoms with Crippen LogP contribution in [0.5, 0.6) is 10.9 Å². The van der Waals surface area contributed by atoms with Gasteiger partial charge in [0.25, 0.3) is 5.19 Å². The Balaban J connectivity index is 1.66. The summed E-state index contributed by atoms with van der Waals surface area (Å²) in [6.07, 6.45) is 5.30. The van der Waals surface area contributed by atoms with Crippen molar-refractivity contribution in [2.24, 2.45) is 0 Å². The van der Waals surface area contributed by atoms with Crippen LogP contribution in [-0.4, -0.2) is 19.6 Å². The summed E-state index contributed by atoms with van der Waals surface area (Å²) in [5.74, 6) is 0.486. The number of benzene rings is 1. The van der Waals surface area contributed by atoms with Crippen molar-refractivity contribution in [1.82, 2.24) is 19.6 Å². The third-order valence-electron chi connectivity index (χ3n) is 3.19. The Morgan fingerprint density at radius 1 is 1.17 bits per heavy atom. The predicted molar refractivity (Wildman–Crippen MR) is 85.3 cm³/mol. The lowest BCUT2D eigenvalue weighted by Gasteiger charge is -2.01. The average molecular weight is 319 g/mol. The Labute approximate surface area is 135 Å². The number of para-hydroxylation sites is 1. The van der Waals surface area contributed by atoms with E-state index in [0.717, 1.165) is 11.3 Å². The van der Waals surface area contributed by atoms with Gasteiger partial charge in [0.15, 0.2) is 0 Å². The van der Waals surface area contributed by atoms with E-state index in [1.165, 1.54) is 11.3 Å². The van der Waals surface area contributed by atoms with Gasteiger partial charge < -0.3 is 4.74 Å². The minimum Gasteiger partial charge on any atom is -0.428 e.